The van der Waals surface area contributed by atoms with Gasteiger partial charge < -0.3 is 19.8 Å². The minimum Gasteiger partial charge on any atom is -0.391 e. The fourth-order valence-corrected chi connectivity index (χ4v) is 8.86. The van der Waals surface area contributed by atoms with E-state index in [1.807, 2.05) is 21.1 Å². The molecule has 0 saturated carbocycles. The smallest absolute Gasteiger partial charge is 0.391 e. The highest BCUT2D eigenvalue weighted by atomic mass is 31.2. The number of aliphatic hydroxyl groups is 1. The van der Waals surface area contributed by atoms with Gasteiger partial charge in [0.15, 0.2) is 0 Å². The van der Waals surface area contributed by atoms with Gasteiger partial charge in [-0.05, 0) is 44.9 Å². The monoisotopic (exact) mass is 924 g/mol. The number of amides is 1. The zero-order chi connectivity index (χ0) is 47.1. The molecule has 0 aromatic carbocycles. The summed E-state index contributed by atoms with van der Waals surface area (Å²) in [6.45, 7) is 4.80. The molecule has 0 heterocycles. The molecule has 0 rings (SSSR count). The minimum atomic E-state index is -4.32. The van der Waals surface area contributed by atoms with Crippen molar-refractivity contribution in [3.05, 3.63) is 36.5 Å². The van der Waals surface area contributed by atoms with Crippen molar-refractivity contribution in [2.75, 3.05) is 40.9 Å². The predicted octanol–water partition coefficient (Wildman–Crippen LogP) is 16.2. The molecule has 3 unspecified atom stereocenters. The lowest BCUT2D eigenvalue weighted by atomic mass is 10.0. The zero-order valence-corrected chi connectivity index (χ0v) is 43.9. The molecule has 0 saturated heterocycles. The molecule has 378 valence electrons. The minimum absolute atomic E-state index is 0.0723. The molecule has 3 atom stereocenters. The third kappa shape index (κ3) is 48.6. The molecule has 64 heavy (non-hydrogen) atoms. The molecule has 1 amide bonds. The van der Waals surface area contributed by atoms with Crippen molar-refractivity contribution >= 4 is 13.7 Å². The van der Waals surface area contributed by atoms with E-state index in [2.05, 4.69) is 55.6 Å². The Hall–Kier alpha value is -1.28. The van der Waals surface area contributed by atoms with E-state index in [1.54, 1.807) is 0 Å². The van der Waals surface area contributed by atoms with Gasteiger partial charge in [0.2, 0.25) is 5.91 Å². The number of unbranched alkanes of at least 4 members (excludes halogenated alkanes) is 31. The summed E-state index contributed by atoms with van der Waals surface area (Å²) in [6, 6.07) is -0.766. The van der Waals surface area contributed by atoms with Crippen molar-refractivity contribution in [3.63, 3.8) is 0 Å². The van der Waals surface area contributed by atoms with Gasteiger partial charge in [-0.1, -0.05) is 243 Å². The summed E-state index contributed by atoms with van der Waals surface area (Å²) in [5.41, 5.74) is 0. The summed E-state index contributed by atoms with van der Waals surface area (Å²) in [5, 5.41) is 14.0. The van der Waals surface area contributed by atoms with Crippen LogP contribution in [-0.4, -0.2) is 73.4 Å². The third-order valence-electron chi connectivity index (χ3n) is 12.4. The van der Waals surface area contributed by atoms with Crippen LogP contribution in [0.4, 0.5) is 0 Å². The highest BCUT2D eigenvalue weighted by Gasteiger charge is 2.28. The number of aliphatic hydroxyl groups excluding tert-OH is 1. The first-order valence-electron chi connectivity index (χ1n) is 27.4. The molecule has 0 radical (unpaired) electrons. The van der Waals surface area contributed by atoms with Crippen LogP contribution in [-0.2, 0) is 18.4 Å². The summed E-state index contributed by atoms with van der Waals surface area (Å²) in [6.07, 6.45) is 59.1. The molecule has 0 aliphatic rings. The van der Waals surface area contributed by atoms with Crippen LogP contribution >= 0.6 is 7.82 Å². The quantitative estimate of drug-likeness (QED) is 0.0243. The van der Waals surface area contributed by atoms with E-state index in [1.165, 1.54) is 167 Å². The SMILES string of the molecule is CC/C=C\C/C=C\C/C=C\CCCCCCCCCC(=O)NC(COP(=O)(O)OCC[N+](C)(C)C)C(O)CCCCCCCCCCCCCCCCCCCCCCCCCCC. The fourth-order valence-electron chi connectivity index (χ4n) is 8.12. The van der Waals surface area contributed by atoms with E-state index in [0.717, 1.165) is 64.2 Å². The molecular formula is C55H108N2O6P+. The number of nitrogens with zero attached hydrogens (tertiary/aromatic N) is 1. The summed E-state index contributed by atoms with van der Waals surface area (Å²) in [4.78, 5) is 23.3. The van der Waals surface area contributed by atoms with Crippen LogP contribution < -0.4 is 5.32 Å². The van der Waals surface area contributed by atoms with Gasteiger partial charge >= 0.3 is 7.82 Å². The molecule has 0 bridgehead atoms. The molecule has 0 aromatic heterocycles. The Kier molecular flexibility index (Phi) is 45.9. The van der Waals surface area contributed by atoms with Gasteiger partial charge in [-0.2, -0.15) is 0 Å². The number of hydrogen-bond acceptors (Lipinski definition) is 5. The molecule has 0 aromatic rings. The largest absolute Gasteiger partial charge is 0.472 e. The van der Waals surface area contributed by atoms with Crippen molar-refractivity contribution in [2.45, 2.75) is 270 Å². The van der Waals surface area contributed by atoms with Crippen LogP contribution in [0, 0.1) is 0 Å². The number of rotatable bonds is 50. The average Bonchev–Trinajstić information content (AvgIpc) is 3.25. The summed E-state index contributed by atoms with van der Waals surface area (Å²) < 4.78 is 23.7. The molecule has 9 heteroatoms. The van der Waals surface area contributed by atoms with E-state index in [9.17, 15) is 19.4 Å². The molecule has 3 N–H and O–H groups in total. The first-order chi connectivity index (χ1) is 31.0. The highest BCUT2D eigenvalue weighted by molar-refractivity contribution is 7.47. The van der Waals surface area contributed by atoms with Gasteiger partial charge in [-0.3, -0.25) is 13.8 Å². The molecule has 0 aliphatic heterocycles. The van der Waals surface area contributed by atoms with Crippen molar-refractivity contribution in [2.24, 2.45) is 0 Å². The van der Waals surface area contributed by atoms with Crippen LogP contribution in [0.3, 0.4) is 0 Å². The van der Waals surface area contributed by atoms with Crippen LogP contribution in [0.1, 0.15) is 258 Å². The summed E-state index contributed by atoms with van der Waals surface area (Å²) >= 11 is 0. The first kappa shape index (κ1) is 62.7. The normalized spacial score (nSPS) is 14.3. The molecular weight excluding hydrogens is 816 g/mol. The number of allylic oxidation sites excluding steroid dienone is 6. The van der Waals surface area contributed by atoms with Crippen LogP contribution in [0.5, 0.6) is 0 Å². The first-order valence-corrected chi connectivity index (χ1v) is 28.8. The van der Waals surface area contributed by atoms with Crippen LogP contribution in [0.25, 0.3) is 0 Å². The van der Waals surface area contributed by atoms with Crippen molar-refractivity contribution in [3.8, 4) is 0 Å². The number of likely N-dealkylation sites (N-methyl/N-ethyl adjacent to an activating group) is 1. The lowest BCUT2D eigenvalue weighted by Gasteiger charge is -2.26. The van der Waals surface area contributed by atoms with Crippen molar-refractivity contribution in [1.29, 1.82) is 0 Å². The number of quaternary nitrogens is 1. The second-order valence-electron chi connectivity index (χ2n) is 19.9. The maximum atomic E-state index is 13.0. The van der Waals surface area contributed by atoms with E-state index in [-0.39, 0.29) is 19.1 Å². The topological polar surface area (TPSA) is 105 Å². The van der Waals surface area contributed by atoms with Gasteiger partial charge in [0, 0.05) is 6.42 Å². The second kappa shape index (κ2) is 46.8. The van der Waals surface area contributed by atoms with Crippen LogP contribution in [0.15, 0.2) is 36.5 Å². The van der Waals surface area contributed by atoms with Gasteiger partial charge in [0.25, 0.3) is 0 Å². The van der Waals surface area contributed by atoms with Gasteiger partial charge in [0.1, 0.15) is 13.2 Å². The molecule has 8 nitrogen and oxygen atoms in total. The maximum absolute atomic E-state index is 13.0. The molecule has 0 aliphatic carbocycles. The number of hydrogen-bond donors (Lipinski definition) is 3. The lowest BCUT2D eigenvalue weighted by molar-refractivity contribution is -0.870. The van der Waals surface area contributed by atoms with Gasteiger partial charge in [-0.25, -0.2) is 4.57 Å². The Morgan fingerprint density at radius 1 is 0.547 bits per heavy atom. The molecule has 0 spiro atoms. The third-order valence-corrected chi connectivity index (χ3v) is 13.4. The standard InChI is InChI=1S/C55H107N2O6P/c1-6-8-10-12-14-16-18-20-22-24-25-26-27-28-29-30-31-33-34-36-38-40-42-44-46-48-54(58)53(52-63-64(60,61)62-51-50-57(3,4)5)56-55(59)49-47-45-43-41-39-37-35-32-23-21-19-17-15-13-11-9-7-2/h9,11,15,17,21,23,53-54,58H,6-8,10,12-14,16,18-20,22,24-52H2,1-5H3,(H-,56,59,60,61)/p+1/b11-9-,17-15-,23-21-. The summed E-state index contributed by atoms with van der Waals surface area (Å²) in [5.74, 6) is -0.153. The van der Waals surface area contributed by atoms with E-state index < -0.39 is 20.0 Å². The zero-order valence-electron chi connectivity index (χ0n) is 43.0. The van der Waals surface area contributed by atoms with E-state index >= 15 is 0 Å². The van der Waals surface area contributed by atoms with E-state index in [4.69, 9.17) is 9.05 Å². The highest BCUT2D eigenvalue weighted by Crippen LogP contribution is 2.43. The van der Waals surface area contributed by atoms with Gasteiger partial charge in [0.05, 0.1) is 39.9 Å². The number of carbonyl (C=O) groups is 1. The predicted molar refractivity (Wildman–Crippen MR) is 277 cm³/mol. The molecule has 0 fully saturated rings. The van der Waals surface area contributed by atoms with Crippen molar-refractivity contribution < 1.29 is 32.9 Å². The number of carbonyl (C=O) groups excluding carboxylic acids is 1. The Morgan fingerprint density at radius 2 is 0.938 bits per heavy atom. The fraction of sp³-hybridized carbons (Fsp3) is 0.873. The number of nitrogens with one attached hydrogen (secondary N) is 1. The van der Waals surface area contributed by atoms with Crippen LogP contribution in [0.2, 0.25) is 0 Å². The Labute approximate surface area is 397 Å². The lowest BCUT2D eigenvalue weighted by Crippen LogP contribution is -2.46. The summed E-state index contributed by atoms with van der Waals surface area (Å²) in [7, 11) is 1.61. The Balaban J connectivity index is 4.17. The Morgan fingerprint density at radius 3 is 1.38 bits per heavy atom. The van der Waals surface area contributed by atoms with Gasteiger partial charge in [-0.15, -0.1) is 0 Å². The number of phosphoric acid groups is 1. The number of phosphoric ester groups is 1. The maximum Gasteiger partial charge on any atom is 0.472 e. The second-order valence-corrected chi connectivity index (χ2v) is 21.4. The average molecular weight is 924 g/mol. The van der Waals surface area contributed by atoms with Crippen molar-refractivity contribution in [1.82, 2.24) is 5.32 Å². The Bertz CT molecular complexity index is 1140. The van der Waals surface area contributed by atoms with E-state index in [0.29, 0.717) is 23.9 Å².